The Morgan fingerprint density at radius 3 is 2.36 bits per heavy atom. The molecule has 0 aromatic heterocycles. The van der Waals surface area contributed by atoms with Gasteiger partial charge in [0, 0.05) is 6.54 Å². The maximum absolute atomic E-state index is 13.3. The zero-order valence-electron chi connectivity index (χ0n) is 17.0. The van der Waals surface area contributed by atoms with Gasteiger partial charge in [0.05, 0.1) is 20.7 Å². The summed E-state index contributed by atoms with van der Waals surface area (Å²) in [6.07, 6.45) is 0. The number of hydrogen-bond acceptors (Lipinski definition) is 4. The van der Waals surface area contributed by atoms with Crippen LogP contribution in [0.15, 0.2) is 53.4 Å². The van der Waals surface area contributed by atoms with E-state index in [2.05, 4.69) is 0 Å². The lowest BCUT2D eigenvalue weighted by molar-refractivity contribution is -0.127. The average molecular weight is 402 g/mol. The smallest absolute Gasteiger partial charge is 0.236 e. The van der Waals surface area contributed by atoms with E-state index in [1.807, 2.05) is 20.8 Å². The van der Waals surface area contributed by atoms with Gasteiger partial charge in [0.2, 0.25) is 5.91 Å². The summed E-state index contributed by atoms with van der Waals surface area (Å²) in [6, 6.07) is 13.8. The molecule has 2 aromatic rings. The van der Waals surface area contributed by atoms with Crippen LogP contribution < -0.4 is 9.64 Å². The molecule has 0 spiro atoms. The molecular weight excluding hydrogens is 374 g/mol. The van der Waals surface area contributed by atoms with Gasteiger partial charge >= 0.3 is 0 Å². The minimum absolute atomic E-state index is 0.00216. The molecule has 1 heterocycles. The Labute approximate surface area is 167 Å². The Kier molecular flexibility index (Phi) is 5.04. The van der Waals surface area contributed by atoms with Crippen molar-refractivity contribution in [3.63, 3.8) is 0 Å². The van der Waals surface area contributed by atoms with E-state index in [9.17, 15) is 13.2 Å². The highest BCUT2D eigenvalue weighted by Crippen LogP contribution is 2.42. The normalized spacial score (nSPS) is 16.9. The van der Waals surface area contributed by atoms with Gasteiger partial charge in [0.25, 0.3) is 0 Å². The van der Waals surface area contributed by atoms with Gasteiger partial charge in [-0.3, -0.25) is 4.79 Å². The number of rotatable bonds is 4. The quantitative estimate of drug-likeness (QED) is 0.771. The van der Waals surface area contributed by atoms with Crippen molar-refractivity contribution in [2.75, 3.05) is 18.1 Å². The van der Waals surface area contributed by atoms with Crippen molar-refractivity contribution < 1.29 is 17.9 Å². The minimum atomic E-state index is -3.62. The number of carbonyl (C=O) groups is 1. The predicted molar refractivity (Wildman–Crippen MR) is 110 cm³/mol. The number of amides is 1. The Hall–Kier alpha value is -2.34. The van der Waals surface area contributed by atoms with Crippen molar-refractivity contribution in [2.45, 2.75) is 44.3 Å². The maximum Gasteiger partial charge on any atom is 0.236 e. The lowest BCUT2D eigenvalue weighted by Gasteiger charge is -2.28. The second-order valence-corrected chi connectivity index (χ2v) is 10.7. The number of fused-ring (bicyclic) bond motifs is 1. The fourth-order valence-corrected chi connectivity index (χ4v) is 4.93. The standard InChI is InChI=1S/C22H27NO4S/c1-6-23-18-13-12-16(14-19(18)27-15-21(2,3)20(23)24)22(4,5)28(25,26)17-10-8-7-9-11-17/h7-14H,6,15H2,1-5H3. The van der Waals surface area contributed by atoms with Gasteiger partial charge in [-0.2, -0.15) is 0 Å². The van der Waals surface area contributed by atoms with E-state index in [0.717, 1.165) is 0 Å². The van der Waals surface area contributed by atoms with Crippen molar-refractivity contribution in [1.29, 1.82) is 0 Å². The molecule has 3 rings (SSSR count). The average Bonchev–Trinajstić information content (AvgIpc) is 2.76. The number of benzene rings is 2. The van der Waals surface area contributed by atoms with Crippen LogP contribution in [0, 0.1) is 5.41 Å². The molecule has 5 nitrogen and oxygen atoms in total. The lowest BCUT2D eigenvalue weighted by atomic mass is 9.93. The van der Waals surface area contributed by atoms with E-state index in [1.165, 1.54) is 0 Å². The third kappa shape index (κ3) is 3.20. The summed E-state index contributed by atoms with van der Waals surface area (Å²) in [5.41, 5.74) is 0.647. The fraction of sp³-hybridized carbons (Fsp3) is 0.409. The van der Waals surface area contributed by atoms with Crippen LogP contribution >= 0.6 is 0 Å². The van der Waals surface area contributed by atoms with Crippen molar-refractivity contribution in [3.8, 4) is 5.75 Å². The van der Waals surface area contributed by atoms with Crippen LogP contribution in [0.5, 0.6) is 5.75 Å². The SMILES string of the molecule is CCN1C(=O)C(C)(C)COc2cc(C(C)(C)S(=O)(=O)c3ccccc3)ccc21. The van der Waals surface area contributed by atoms with Crippen LogP contribution in [-0.4, -0.2) is 27.5 Å². The van der Waals surface area contributed by atoms with Crippen LogP contribution in [0.3, 0.4) is 0 Å². The van der Waals surface area contributed by atoms with Crippen molar-refractivity contribution in [3.05, 3.63) is 54.1 Å². The van der Waals surface area contributed by atoms with E-state index >= 15 is 0 Å². The molecule has 0 aliphatic carbocycles. The number of ether oxygens (including phenoxy) is 1. The number of sulfone groups is 1. The van der Waals surface area contributed by atoms with Gasteiger partial charge in [0.1, 0.15) is 12.4 Å². The predicted octanol–water partition coefficient (Wildman–Crippen LogP) is 4.17. The van der Waals surface area contributed by atoms with Crippen molar-refractivity contribution >= 4 is 21.4 Å². The fourth-order valence-electron chi connectivity index (χ4n) is 3.39. The first kappa shape index (κ1) is 20.4. The summed E-state index contributed by atoms with van der Waals surface area (Å²) in [4.78, 5) is 14.8. The first-order chi connectivity index (χ1) is 13.0. The molecule has 0 saturated heterocycles. The molecule has 0 saturated carbocycles. The second-order valence-electron chi connectivity index (χ2n) is 8.23. The molecule has 150 valence electrons. The van der Waals surface area contributed by atoms with E-state index in [1.54, 1.807) is 67.3 Å². The summed E-state index contributed by atoms with van der Waals surface area (Å²) in [7, 11) is -3.62. The number of hydrogen-bond donors (Lipinski definition) is 0. The maximum atomic E-state index is 13.3. The largest absolute Gasteiger partial charge is 0.490 e. The van der Waals surface area contributed by atoms with E-state index in [4.69, 9.17) is 4.74 Å². The van der Waals surface area contributed by atoms with Crippen LogP contribution in [0.2, 0.25) is 0 Å². The Balaban J connectivity index is 2.09. The lowest BCUT2D eigenvalue weighted by Crippen LogP contribution is -2.42. The van der Waals surface area contributed by atoms with Gasteiger partial charge in [-0.05, 0) is 64.4 Å². The van der Waals surface area contributed by atoms with Crippen molar-refractivity contribution in [2.24, 2.45) is 5.41 Å². The highest BCUT2D eigenvalue weighted by molar-refractivity contribution is 7.92. The number of anilines is 1. The molecule has 1 amide bonds. The van der Waals surface area contributed by atoms with Gasteiger partial charge in [-0.1, -0.05) is 24.3 Å². The first-order valence-electron chi connectivity index (χ1n) is 9.41. The van der Waals surface area contributed by atoms with E-state index in [-0.39, 0.29) is 17.4 Å². The zero-order valence-corrected chi connectivity index (χ0v) is 17.8. The van der Waals surface area contributed by atoms with Crippen LogP contribution in [0.4, 0.5) is 5.69 Å². The molecule has 6 heteroatoms. The van der Waals surface area contributed by atoms with Gasteiger partial charge in [-0.15, -0.1) is 0 Å². The third-order valence-electron chi connectivity index (χ3n) is 5.40. The summed E-state index contributed by atoms with van der Waals surface area (Å²) < 4.78 is 31.3. The van der Waals surface area contributed by atoms with Gasteiger partial charge < -0.3 is 9.64 Å². The molecule has 0 unspecified atom stereocenters. The second kappa shape index (κ2) is 6.92. The Morgan fingerprint density at radius 2 is 1.75 bits per heavy atom. The molecule has 28 heavy (non-hydrogen) atoms. The topological polar surface area (TPSA) is 63.7 Å². The molecule has 2 aromatic carbocycles. The number of carbonyl (C=O) groups excluding carboxylic acids is 1. The Bertz CT molecular complexity index is 994. The van der Waals surface area contributed by atoms with Gasteiger partial charge in [-0.25, -0.2) is 8.42 Å². The summed E-state index contributed by atoms with van der Waals surface area (Å²) in [5, 5.41) is 0. The third-order valence-corrected chi connectivity index (χ3v) is 7.87. The van der Waals surface area contributed by atoms with E-state index in [0.29, 0.717) is 23.5 Å². The van der Waals surface area contributed by atoms with Gasteiger partial charge in [0.15, 0.2) is 9.84 Å². The molecule has 0 fully saturated rings. The van der Waals surface area contributed by atoms with Crippen LogP contribution in [0.1, 0.15) is 40.2 Å². The highest BCUT2D eigenvalue weighted by Gasteiger charge is 2.40. The molecule has 0 radical (unpaired) electrons. The van der Waals surface area contributed by atoms with Crippen LogP contribution in [-0.2, 0) is 19.4 Å². The monoisotopic (exact) mass is 401 g/mol. The first-order valence-corrected chi connectivity index (χ1v) is 10.9. The number of nitrogens with zero attached hydrogens (tertiary/aromatic N) is 1. The summed E-state index contributed by atoms with van der Waals surface area (Å²) in [6.45, 7) is 9.78. The molecule has 1 aliphatic heterocycles. The summed E-state index contributed by atoms with van der Waals surface area (Å²) >= 11 is 0. The molecular formula is C22H27NO4S. The molecule has 0 bridgehead atoms. The zero-order chi connectivity index (χ0) is 20.7. The molecule has 0 atom stereocenters. The van der Waals surface area contributed by atoms with Crippen LogP contribution in [0.25, 0.3) is 0 Å². The Morgan fingerprint density at radius 1 is 1.11 bits per heavy atom. The van der Waals surface area contributed by atoms with Crippen molar-refractivity contribution in [1.82, 2.24) is 0 Å². The highest BCUT2D eigenvalue weighted by atomic mass is 32.2. The summed E-state index contributed by atoms with van der Waals surface area (Å²) in [5.74, 6) is 0.535. The minimum Gasteiger partial charge on any atom is -0.490 e. The molecule has 1 aliphatic rings. The molecule has 0 N–H and O–H groups in total. The van der Waals surface area contributed by atoms with E-state index < -0.39 is 20.0 Å².